The summed E-state index contributed by atoms with van der Waals surface area (Å²) in [5.74, 6) is 1.41. The summed E-state index contributed by atoms with van der Waals surface area (Å²) >= 11 is 3.57. The Morgan fingerprint density at radius 3 is 2.50 bits per heavy atom. The lowest BCUT2D eigenvalue weighted by molar-refractivity contribution is 0.163. The van der Waals surface area contributed by atoms with E-state index in [4.69, 9.17) is 9.47 Å². The first-order chi connectivity index (χ1) is 9.65. The molecule has 1 saturated carbocycles. The Hall–Kier alpha value is -0.780. The fraction of sp³-hybridized carbons (Fsp3) is 0.600. The molecule has 2 N–H and O–H groups in total. The maximum absolute atomic E-state index is 9.63. The van der Waals surface area contributed by atoms with Gasteiger partial charge in [0.15, 0.2) is 11.5 Å². The number of ether oxygens (including phenoxy) is 2. The predicted octanol–water partition coefficient (Wildman–Crippen LogP) is 2.86. The van der Waals surface area contributed by atoms with Crippen LogP contribution in [0.25, 0.3) is 0 Å². The number of rotatable bonds is 6. The van der Waals surface area contributed by atoms with E-state index in [2.05, 4.69) is 21.2 Å². The van der Waals surface area contributed by atoms with Gasteiger partial charge in [-0.3, -0.25) is 0 Å². The van der Waals surface area contributed by atoms with Crippen molar-refractivity contribution in [1.29, 1.82) is 0 Å². The summed E-state index contributed by atoms with van der Waals surface area (Å²) in [7, 11) is 3.26. The van der Waals surface area contributed by atoms with Gasteiger partial charge in [0.1, 0.15) is 0 Å². The van der Waals surface area contributed by atoms with Crippen LogP contribution < -0.4 is 14.8 Å². The third kappa shape index (κ3) is 3.10. The summed E-state index contributed by atoms with van der Waals surface area (Å²) in [6, 6.07) is 3.92. The number of methoxy groups -OCH3 is 2. The van der Waals surface area contributed by atoms with Gasteiger partial charge in [-0.15, -0.1) is 0 Å². The van der Waals surface area contributed by atoms with Crippen LogP contribution in [0.1, 0.15) is 31.2 Å². The average molecular weight is 344 g/mol. The van der Waals surface area contributed by atoms with E-state index in [0.717, 1.165) is 22.9 Å². The van der Waals surface area contributed by atoms with Crippen LogP contribution in [0.3, 0.4) is 0 Å². The molecule has 0 bridgehead atoms. The van der Waals surface area contributed by atoms with Gasteiger partial charge in [-0.05, 0) is 40.4 Å². The van der Waals surface area contributed by atoms with Crippen LogP contribution in [-0.4, -0.2) is 31.5 Å². The van der Waals surface area contributed by atoms with E-state index < -0.39 is 0 Å². The minimum Gasteiger partial charge on any atom is -0.493 e. The van der Waals surface area contributed by atoms with Crippen molar-refractivity contribution in [2.75, 3.05) is 20.8 Å². The smallest absolute Gasteiger partial charge is 0.175 e. The zero-order valence-electron chi connectivity index (χ0n) is 12.0. The van der Waals surface area contributed by atoms with Crippen molar-refractivity contribution in [3.05, 3.63) is 22.2 Å². The third-order valence-electron chi connectivity index (χ3n) is 4.08. The standard InChI is InChI=1S/C15H22BrNO3/c1-19-12-6-5-11(13(16)14(12)20-2)9-17-15(10-18)7-3-4-8-15/h5-6,17-18H,3-4,7-10H2,1-2H3. The van der Waals surface area contributed by atoms with Crippen LogP contribution in [-0.2, 0) is 6.54 Å². The monoisotopic (exact) mass is 343 g/mol. The minimum absolute atomic E-state index is 0.118. The lowest BCUT2D eigenvalue weighted by Gasteiger charge is -2.28. The van der Waals surface area contributed by atoms with Gasteiger partial charge in [0.05, 0.1) is 25.3 Å². The molecule has 0 spiro atoms. The second-order valence-corrected chi connectivity index (χ2v) is 6.07. The average Bonchev–Trinajstić information content (AvgIpc) is 2.95. The highest BCUT2D eigenvalue weighted by molar-refractivity contribution is 9.10. The zero-order valence-corrected chi connectivity index (χ0v) is 13.6. The van der Waals surface area contributed by atoms with Crippen LogP contribution in [0.2, 0.25) is 0 Å². The molecule has 4 nitrogen and oxygen atoms in total. The molecule has 112 valence electrons. The second-order valence-electron chi connectivity index (χ2n) is 5.27. The maximum atomic E-state index is 9.63. The summed E-state index contributed by atoms with van der Waals surface area (Å²) in [6.45, 7) is 0.888. The molecule has 0 amide bonds. The van der Waals surface area contributed by atoms with Crippen molar-refractivity contribution in [3.63, 3.8) is 0 Å². The van der Waals surface area contributed by atoms with Crippen LogP contribution in [0.4, 0.5) is 0 Å². The van der Waals surface area contributed by atoms with Gasteiger partial charge in [0.2, 0.25) is 0 Å². The summed E-state index contributed by atoms with van der Waals surface area (Å²) in [5, 5.41) is 13.1. The summed E-state index contributed by atoms with van der Waals surface area (Å²) in [4.78, 5) is 0. The molecule has 0 unspecified atom stereocenters. The van der Waals surface area contributed by atoms with Crippen LogP contribution in [0, 0.1) is 0 Å². The highest BCUT2D eigenvalue weighted by Gasteiger charge is 2.32. The van der Waals surface area contributed by atoms with Gasteiger partial charge in [-0.1, -0.05) is 18.9 Å². The van der Waals surface area contributed by atoms with E-state index >= 15 is 0 Å². The number of hydrogen-bond acceptors (Lipinski definition) is 4. The zero-order chi connectivity index (χ0) is 14.6. The molecule has 1 aliphatic rings. The Bertz CT molecular complexity index is 459. The number of nitrogens with one attached hydrogen (secondary N) is 1. The van der Waals surface area contributed by atoms with E-state index in [1.54, 1.807) is 14.2 Å². The molecule has 0 atom stereocenters. The van der Waals surface area contributed by atoms with Crippen LogP contribution in [0.15, 0.2) is 16.6 Å². The summed E-state index contributed by atoms with van der Waals surface area (Å²) in [5.41, 5.74) is 0.981. The Balaban J connectivity index is 2.13. The molecular weight excluding hydrogens is 322 g/mol. The van der Waals surface area contributed by atoms with E-state index in [9.17, 15) is 5.11 Å². The third-order valence-corrected chi connectivity index (χ3v) is 4.95. The van der Waals surface area contributed by atoms with E-state index in [1.165, 1.54) is 12.8 Å². The molecule has 2 rings (SSSR count). The van der Waals surface area contributed by atoms with Crippen molar-refractivity contribution in [2.24, 2.45) is 0 Å². The molecule has 0 saturated heterocycles. The SMILES string of the molecule is COc1ccc(CNC2(CO)CCCC2)c(Br)c1OC. The second kappa shape index (κ2) is 6.78. The summed E-state index contributed by atoms with van der Waals surface area (Å²) < 4.78 is 11.6. The van der Waals surface area contributed by atoms with E-state index in [1.807, 2.05) is 12.1 Å². The van der Waals surface area contributed by atoms with Crippen LogP contribution >= 0.6 is 15.9 Å². The van der Waals surface area contributed by atoms with Crippen molar-refractivity contribution in [3.8, 4) is 11.5 Å². The lowest BCUT2D eigenvalue weighted by atomic mass is 9.98. The van der Waals surface area contributed by atoms with Gasteiger partial charge < -0.3 is 19.9 Å². The number of aliphatic hydroxyl groups excluding tert-OH is 1. The molecule has 5 heteroatoms. The lowest BCUT2D eigenvalue weighted by Crippen LogP contribution is -2.45. The largest absolute Gasteiger partial charge is 0.493 e. The normalized spacial score (nSPS) is 17.2. The fourth-order valence-corrected chi connectivity index (χ4v) is 3.42. The highest BCUT2D eigenvalue weighted by Crippen LogP contribution is 2.38. The topological polar surface area (TPSA) is 50.7 Å². The number of halogens is 1. The molecular formula is C15H22BrNO3. The van der Waals surface area contributed by atoms with Gasteiger partial charge in [0.25, 0.3) is 0 Å². The first-order valence-corrected chi connectivity index (χ1v) is 7.70. The number of benzene rings is 1. The van der Waals surface area contributed by atoms with Crippen molar-refractivity contribution >= 4 is 15.9 Å². The Kier molecular flexibility index (Phi) is 5.29. The molecule has 0 heterocycles. The van der Waals surface area contributed by atoms with E-state index in [0.29, 0.717) is 18.0 Å². The van der Waals surface area contributed by atoms with Gasteiger partial charge in [-0.2, -0.15) is 0 Å². The first kappa shape index (κ1) is 15.6. The molecule has 1 aromatic rings. The predicted molar refractivity (Wildman–Crippen MR) is 82.4 cm³/mol. The Labute approximate surface area is 128 Å². The summed E-state index contributed by atoms with van der Waals surface area (Å²) in [6.07, 6.45) is 4.43. The molecule has 1 aliphatic carbocycles. The first-order valence-electron chi connectivity index (χ1n) is 6.91. The Morgan fingerprint density at radius 1 is 1.25 bits per heavy atom. The molecule has 0 radical (unpaired) electrons. The molecule has 20 heavy (non-hydrogen) atoms. The maximum Gasteiger partial charge on any atom is 0.175 e. The molecule has 0 aromatic heterocycles. The molecule has 0 aliphatic heterocycles. The van der Waals surface area contributed by atoms with Crippen molar-refractivity contribution in [1.82, 2.24) is 5.32 Å². The molecule has 1 aromatic carbocycles. The van der Waals surface area contributed by atoms with Gasteiger partial charge >= 0.3 is 0 Å². The molecule has 1 fully saturated rings. The van der Waals surface area contributed by atoms with Gasteiger partial charge in [-0.25, -0.2) is 0 Å². The highest BCUT2D eigenvalue weighted by atomic mass is 79.9. The van der Waals surface area contributed by atoms with Crippen molar-refractivity contribution < 1.29 is 14.6 Å². The number of hydrogen-bond donors (Lipinski definition) is 2. The van der Waals surface area contributed by atoms with Crippen molar-refractivity contribution in [2.45, 2.75) is 37.8 Å². The Morgan fingerprint density at radius 2 is 1.95 bits per heavy atom. The van der Waals surface area contributed by atoms with Gasteiger partial charge in [0, 0.05) is 12.1 Å². The quantitative estimate of drug-likeness (QED) is 0.833. The minimum atomic E-state index is -0.118. The van der Waals surface area contributed by atoms with Crippen LogP contribution in [0.5, 0.6) is 11.5 Å². The number of aliphatic hydroxyl groups is 1. The van der Waals surface area contributed by atoms with E-state index in [-0.39, 0.29) is 12.1 Å². The fourth-order valence-electron chi connectivity index (χ4n) is 2.79.